The first-order chi connectivity index (χ1) is 19.8. The zero-order valence-corrected chi connectivity index (χ0v) is 22.4. The van der Waals surface area contributed by atoms with E-state index in [1.165, 1.54) is 12.1 Å². The van der Waals surface area contributed by atoms with Crippen LogP contribution in [0, 0.1) is 23.0 Å². The van der Waals surface area contributed by atoms with Crippen LogP contribution in [0.4, 0.5) is 20.2 Å². The summed E-state index contributed by atoms with van der Waals surface area (Å²) in [4.78, 5) is 24.4. The van der Waals surface area contributed by atoms with Gasteiger partial charge in [-0.2, -0.15) is 5.26 Å². The average molecular weight is 564 g/mol. The van der Waals surface area contributed by atoms with Gasteiger partial charge in [-0.1, -0.05) is 18.9 Å². The molecule has 0 atom stereocenters. The van der Waals surface area contributed by atoms with E-state index < -0.39 is 29.1 Å². The number of benzene rings is 3. The summed E-state index contributed by atoms with van der Waals surface area (Å²) >= 11 is 0. The minimum absolute atomic E-state index is 0.00840. The number of rotatable bonds is 14. The molecule has 0 bridgehead atoms. The molecule has 0 aromatic heterocycles. The predicted octanol–water partition coefficient (Wildman–Crippen LogP) is 6.00. The van der Waals surface area contributed by atoms with Crippen molar-refractivity contribution in [1.82, 2.24) is 0 Å². The highest BCUT2D eigenvalue weighted by molar-refractivity contribution is 5.91. The lowest BCUT2D eigenvalue weighted by Gasteiger charge is -2.09. The number of carbonyl (C=O) groups is 2. The monoisotopic (exact) mass is 563 g/mol. The average Bonchev–Trinajstić information content (AvgIpc) is 2.93. The number of unbranched alkanes of at least 4 members (excludes halogenated alkanes) is 4. The van der Waals surface area contributed by atoms with Gasteiger partial charge in [0.2, 0.25) is 0 Å². The molecule has 0 radical (unpaired) electrons. The number of hydrogen-bond donors (Lipinski definition) is 2. The lowest BCUT2D eigenvalue weighted by Crippen LogP contribution is -2.09. The maximum absolute atomic E-state index is 14.6. The van der Waals surface area contributed by atoms with E-state index in [2.05, 4.69) is 6.07 Å². The van der Waals surface area contributed by atoms with Gasteiger partial charge in [0.05, 0.1) is 24.8 Å². The smallest absolute Gasteiger partial charge is 0.343 e. The van der Waals surface area contributed by atoms with Crippen LogP contribution in [0.15, 0.2) is 60.7 Å². The van der Waals surface area contributed by atoms with E-state index in [0.29, 0.717) is 36.6 Å². The molecule has 0 aliphatic carbocycles. The summed E-state index contributed by atoms with van der Waals surface area (Å²) in [6, 6.07) is 15.0. The molecule has 0 aliphatic heterocycles. The number of anilines is 2. The maximum Gasteiger partial charge on any atom is 0.343 e. The normalized spacial score (nSPS) is 10.8. The second kappa shape index (κ2) is 15.6. The van der Waals surface area contributed by atoms with Gasteiger partial charge in [0, 0.05) is 48.0 Å². The van der Waals surface area contributed by atoms with E-state index in [1.54, 1.807) is 30.3 Å². The highest BCUT2D eigenvalue weighted by atomic mass is 19.1. The van der Waals surface area contributed by atoms with Crippen molar-refractivity contribution in [1.29, 1.82) is 5.26 Å². The van der Waals surface area contributed by atoms with Gasteiger partial charge >= 0.3 is 11.9 Å². The molecule has 214 valence electrons. The molecule has 8 nitrogen and oxygen atoms in total. The van der Waals surface area contributed by atoms with Crippen LogP contribution in [0.2, 0.25) is 0 Å². The van der Waals surface area contributed by atoms with E-state index in [4.69, 9.17) is 30.9 Å². The Labute approximate surface area is 237 Å². The summed E-state index contributed by atoms with van der Waals surface area (Å²) < 4.78 is 45.0. The van der Waals surface area contributed by atoms with E-state index >= 15 is 0 Å². The van der Waals surface area contributed by atoms with Crippen molar-refractivity contribution in [3.63, 3.8) is 0 Å². The van der Waals surface area contributed by atoms with Crippen molar-refractivity contribution in [2.45, 2.75) is 38.5 Å². The molecule has 0 spiro atoms. The number of nitriles is 1. The first-order valence-electron chi connectivity index (χ1n) is 13.1. The summed E-state index contributed by atoms with van der Waals surface area (Å²) in [6.45, 7) is 0.515. The Bertz CT molecular complexity index is 1400. The lowest BCUT2D eigenvalue weighted by molar-refractivity contribution is -0.137. The van der Waals surface area contributed by atoms with Crippen LogP contribution >= 0.6 is 0 Å². The Morgan fingerprint density at radius 2 is 1.59 bits per heavy atom. The number of esters is 2. The van der Waals surface area contributed by atoms with Crippen molar-refractivity contribution in [2.24, 2.45) is 0 Å². The number of ether oxygens (including phenoxy) is 3. The SMILES string of the molecule is N#CCCCCCCOc1ccc(C(=O)Oc2cc(F)c(C=CC(=O)OCCc3ccc(N)cc3N)c(F)c2)cc1. The summed E-state index contributed by atoms with van der Waals surface area (Å²) in [5.41, 5.74) is 12.9. The van der Waals surface area contributed by atoms with Gasteiger partial charge in [-0.05, 0) is 60.9 Å². The fraction of sp³-hybridized carbons (Fsp3) is 0.258. The van der Waals surface area contributed by atoms with Crippen molar-refractivity contribution in [3.05, 3.63) is 89.0 Å². The molecule has 3 aromatic rings. The lowest BCUT2D eigenvalue weighted by atomic mass is 10.1. The first-order valence-corrected chi connectivity index (χ1v) is 13.1. The third-order valence-corrected chi connectivity index (χ3v) is 5.98. The van der Waals surface area contributed by atoms with Gasteiger partial charge in [-0.25, -0.2) is 18.4 Å². The van der Waals surface area contributed by atoms with Crippen LogP contribution in [0.1, 0.15) is 53.6 Å². The number of nitrogens with zero attached hydrogens (tertiary/aromatic N) is 1. The van der Waals surface area contributed by atoms with Crippen molar-refractivity contribution in [2.75, 3.05) is 24.7 Å². The standard InChI is InChI=1S/C31H31F2N3O5/c32-27-19-25(41-31(38)22-7-10-24(11-8-22)39-16-5-3-1-2-4-15-34)20-28(33)26(27)12-13-30(37)40-17-14-21-6-9-23(35)18-29(21)36/h6-13,18-20H,1-5,14,16-17,35-36H2. The topological polar surface area (TPSA) is 138 Å². The van der Waals surface area contributed by atoms with Crippen molar-refractivity contribution >= 4 is 29.4 Å². The molecule has 0 fully saturated rings. The Hall–Kier alpha value is -4.91. The highest BCUT2D eigenvalue weighted by Gasteiger charge is 2.15. The second-order valence-electron chi connectivity index (χ2n) is 9.09. The van der Waals surface area contributed by atoms with Crippen LogP contribution in [0.5, 0.6) is 11.5 Å². The highest BCUT2D eigenvalue weighted by Crippen LogP contribution is 2.23. The number of hydrogen-bond acceptors (Lipinski definition) is 8. The van der Waals surface area contributed by atoms with Gasteiger partial charge in [0.1, 0.15) is 23.1 Å². The third-order valence-electron chi connectivity index (χ3n) is 5.98. The molecule has 41 heavy (non-hydrogen) atoms. The number of nitrogen functional groups attached to an aromatic ring is 2. The Morgan fingerprint density at radius 3 is 2.27 bits per heavy atom. The molecule has 0 saturated carbocycles. The quantitative estimate of drug-likeness (QED) is 0.0801. The van der Waals surface area contributed by atoms with Crippen molar-refractivity contribution in [3.8, 4) is 17.6 Å². The summed E-state index contributed by atoms with van der Waals surface area (Å²) in [5, 5.41) is 8.53. The summed E-state index contributed by atoms with van der Waals surface area (Å²) in [6.07, 6.45) is 6.39. The molecule has 0 heterocycles. The van der Waals surface area contributed by atoms with Crippen LogP contribution in [0.25, 0.3) is 6.08 Å². The molecule has 3 rings (SSSR count). The van der Waals surface area contributed by atoms with Gasteiger partial charge in [-0.3, -0.25) is 0 Å². The van der Waals surface area contributed by atoms with E-state index in [9.17, 15) is 18.4 Å². The Morgan fingerprint density at radius 1 is 0.878 bits per heavy atom. The number of nitrogens with two attached hydrogens (primary N) is 2. The Balaban J connectivity index is 1.48. The largest absolute Gasteiger partial charge is 0.494 e. The second-order valence-corrected chi connectivity index (χ2v) is 9.09. The summed E-state index contributed by atoms with van der Waals surface area (Å²) in [5.74, 6) is -3.41. The third kappa shape index (κ3) is 9.97. The molecule has 0 amide bonds. The first kappa shape index (κ1) is 30.6. The molecule has 0 saturated heterocycles. The molecule has 0 unspecified atom stereocenters. The van der Waals surface area contributed by atoms with E-state index in [0.717, 1.165) is 55.5 Å². The minimum Gasteiger partial charge on any atom is -0.494 e. The number of carbonyl (C=O) groups excluding carboxylic acids is 2. The number of halogens is 2. The molecular formula is C31H31F2N3O5. The van der Waals surface area contributed by atoms with Gasteiger partial charge in [0.15, 0.2) is 0 Å². The van der Waals surface area contributed by atoms with Crippen LogP contribution < -0.4 is 20.9 Å². The van der Waals surface area contributed by atoms with Crippen LogP contribution in [0.3, 0.4) is 0 Å². The maximum atomic E-state index is 14.6. The zero-order valence-electron chi connectivity index (χ0n) is 22.4. The fourth-order valence-corrected chi connectivity index (χ4v) is 3.78. The molecule has 3 aromatic carbocycles. The van der Waals surface area contributed by atoms with E-state index in [-0.39, 0.29) is 17.9 Å². The Kier molecular flexibility index (Phi) is 11.7. The van der Waals surface area contributed by atoms with Crippen LogP contribution in [-0.4, -0.2) is 25.2 Å². The van der Waals surface area contributed by atoms with E-state index in [1.807, 2.05) is 0 Å². The molecule has 4 N–H and O–H groups in total. The minimum atomic E-state index is -1.03. The molecule has 10 heteroatoms. The predicted molar refractivity (Wildman–Crippen MR) is 151 cm³/mol. The summed E-state index contributed by atoms with van der Waals surface area (Å²) in [7, 11) is 0. The fourth-order valence-electron chi connectivity index (χ4n) is 3.78. The van der Waals surface area contributed by atoms with Crippen molar-refractivity contribution < 1.29 is 32.6 Å². The van der Waals surface area contributed by atoms with Gasteiger partial charge in [-0.15, -0.1) is 0 Å². The molecule has 0 aliphatic rings. The zero-order chi connectivity index (χ0) is 29.6. The van der Waals surface area contributed by atoms with Gasteiger partial charge < -0.3 is 25.7 Å². The van der Waals surface area contributed by atoms with Gasteiger partial charge in [0.25, 0.3) is 0 Å². The molecular weight excluding hydrogens is 532 g/mol. The van der Waals surface area contributed by atoms with Crippen LogP contribution in [-0.2, 0) is 16.0 Å².